The van der Waals surface area contributed by atoms with Crippen LogP contribution in [0.4, 0.5) is 16.0 Å². The van der Waals surface area contributed by atoms with Crippen molar-refractivity contribution in [3.8, 4) is 0 Å². The van der Waals surface area contributed by atoms with Gasteiger partial charge in [0.25, 0.3) is 0 Å². The molecule has 4 aromatic heterocycles. The van der Waals surface area contributed by atoms with Crippen LogP contribution in [0.2, 0.25) is 0 Å². The van der Waals surface area contributed by atoms with E-state index in [0.717, 1.165) is 22.2 Å². The number of thiol groups is 2. The van der Waals surface area contributed by atoms with Crippen molar-refractivity contribution in [2.24, 2.45) is 0 Å². The molecule has 0 spiro atoms. The van der Waals surface area contributed by atoms with Crippen LogP contribution >= 0.6 is 49.4 Å². The minimum absolute atomic E-state index is 0.0614. The number of nitrogens with zero attached hydrogens (tertiary/aromatic N) is 7. The third-order valence-corrected chi connectivity index (χ3v) is 10.2. The van der Waals surface area contributed by atoms with E-state index < -0.39 is 62.0 Å². The lowest BCUT2D eigenvalue weighted by Gasteiger charge is -2.23. The standard InChI is InChI=1S/C20H24FN9O9P2S3/c21-10-1-8(37-18(10)29-7-28-12-14(22)24-5-26-16(12)29)4-36-41(34,43)39-11-2-9(3-35-40(32,33)42)38-19(11)30-17-13(44-20(30)31)15(23)25-6-27-17/h5-11,18-19H,1-4H2,(H,34,43)(H2,22,24,26)(H2,23,25,27)(H2,32,33,42)/t8-,9-,10+,11+,18+,19+,41-/m0/s1. The molecule has 0 bridgehead atoms. The lowest BCUT2D eigenvalue weighted by molar-refractivity contribution is -0.0476. The summed E-state index contributed by atoms with van der Waals surface area (Å²) < 4.78 is 70.6. The average molecular weight is 712 g/mol. The number of anilines is 2. The molecule has 24 heteroatoms. The fourth-order valence-corrected chi connectivity index (χ4v) is 7.84. The summed E-state index contributed by atoms with van der Waals surface area (Å²) in [4.78, 5) is 41.9. The highest BCUT2D eigenvalue weighted by atomic mass is 32.7. The van der Waals surface area contributed by atoms with Crippen LogP contribution in [0.5, 0.6) is 0 Å². The van der Waals surface area contributed by atoms with Crippen molar-refractivity contribution in [3.05, 3.63) is 28.6 Å². The van der Waals surface area contributed by atoms with Gasteiger partial charge in [-0.2, -0.15) is 0 Å². The number of halogens is 1. The number of imidazole rings is 1. The monoisotopic (exact) mass is 711 g/mol. The Morgan fingerprint density at radius 2 is 1.66 bits per heavy atom. The first-order valence-corrected chi connectivity index (χ1v) is 18.9. The summed E-state index contributed by atoms with van der Waals surface area (Å²) in [5, 5.41) is 0. The zero-order chi connectivity index (χ0) is 31.4. The largest absolute Gasteiger partial charge is 0.386 e. The van der Waals surface area contributed by atoms with Gasteiger partial charge >= 0.3 is 18.5 Å². The zero-order valence-corrected chi connectivity index (χ0v) is 26.5. The van der Waals surface area contributed by atoms with E-state index in [1.54, 1.807) is 0 Å². The third kappa shape index (κ3) is 6.52. The van der Waals surface area contributed by atoms with Crippen LogP contribution in [0.1, 0.15) is 25.3 Å². The van der Waals surface area contributed by atoms with Crippen molar-refractivity contribution in [3.63, 3.8) is 0 Å². The van der Waals surface area contributed by atoms with Gasteiger partial charge < -0.3 is 25.8 Å². The Morgan fingerprint density at radius 1 is 1.00 bits per heavy atom. The molecule has 238 valence electrons. The van der Waals surface area contributed by atoms with Crippen LogP contribution in [0, 0.1) is 0 Å². The van der Waals surface area contributed by atoms with E-state index in [4.69, 9.17) is 34.5 Å². The molecular formula is C20H24FN9O9P2S3. The van der Waals surface area contributed by atoms with Crippen LogP contribution in [0.3, 0.4) is 0 Å². The molecule has 8 atom stereocenters. The number of alkyl halides is 1. The van der Waals surface area contributed by atoms with Gasteiger partial charge in [-0.05, 0) is 0 Å². The summed E-state index contributed by atoms with van der Waals surface area (Å²) in [5.74, 6) is 0.189. The summed E-state index contributed by atoms with van der Waals surface area (Å²) in [7, 11) is 0. The Bertz CT molecular complexity index is 1860. The van der Waals surface area contributed by atoms with Gasteiger partial charge in [0.15, 0.2) is 29.6 Å². The summed E-state index contributed by atoms with van der Waals surface area (Å²) in [6.07, 6.45) is -3.22. The highest BCUT2D eigenvalue weighted by Gasteiger charge is 2.44. The predicted molar refractivity (Wildman–Crippen MR) is 160 cm³/mol. The van der Waals surface area contributed by atoms with E-state index in [9.17, 15) is 18.8 Å². The van der Waals surface area contributed by atoms with Crippen LogP contribution < -0.4 is 16.3 Å². The summed E-state index contributed by atoms with van der Waals surface area (Å²) >= 11 is 8.33. The molecule has 0 unspecified atom stereocenters. The van der Waals surface area contributed by atoms with Gasteiger partial charge in [-0.25, -0.2) is 38.4 Å². The molecule has 2 fully saturated rings. The van der Waals surface area contributed by atoms with E-state index in [1.807, 2.05) is 0 Å². The molecule has 2 aliphatic heterocycles. The fourth-order valence-electron chi connectivity index (χ4n) is 4.91. The second kappa shape index (κ2) is 12.2. The first kappa shape index (κ1) is 31.7. The van der Waals surface area contributed by atoms with Gasteiger partial charge in [-0.3, -0.25) is 27.5 Å². The second-order valence-corrected chi connectivity index (χ2v) is 16.3. The first-order valence-electron chi connectivity index (χ1n) is 12.6. The highest BCUT2D eigenvalue weighted by molar-refractivity contribution is 8.44. The summed E-state index contributed by atoms with van der Waals surface area (Å²) in [5.41, 5.74) is 12.4. The Morgan fingerprint density at radius 3 is 2.41 bits per heavy atom. The lowest BCUT2D eigenvalue weighted by atomic mass is 10.2. The SMILES string of the molecule is Nc1ncnc2c1ncn2[C@@H]1O[C@H](CO[P@](=O)(S)O[C@@H]2C[C@@H](CO[P@@](=O)(O)S)O[C@H]2n2c(=O)sc3c(N)ncnc32)C[C@H]1F. The molecule has 44 heavy (non-hydrogen) atoms. The molecule has 0 amide bonds. The molecule has 2 aliphatic rings. The van der Waals surface area contributed by atoms with Crippen molar-refractivity contribution in [1.29, 1.82) is 0 Å². The molecule has 0 aliphatic carbocycles. The average Bonchev–Trinajstić information content (AvgIpc) is 3.71. The quantitative estimate of drug-likeness (QED) is 0.117. The van der Waals surface area contributed by atoms with Gasteiger partial charge in [0, 0.05) is 12.8 Å². The molecule has 0 aromatic carbocycles. The van der Waals surface area contributed by atoms with Crippen molar-refractivity contribution in [2.45, 2.75) is 49.8 Å². The molecule has 6 rings (SSSR count). The number of nitrogens with two attached hydrogens (primary N) is 2. The fraction of sp³-hybridized carbons (Fsp3) is 0.500. The molecule has 4 aromatic rings. The normalized spacial score (nSPS) is 28.5. The molecule has 0 radical (unpaired) electrons. The smallest absolute Gasteiger partial charge is 0.382 e. The number of thiazole rings is 1. The van der Waals surface area contributed by atoms with Gasteiger partial charge in [0.1, 0.15) is 41.0 Å². The van der Waals surface area contributed by atoms with Crippen molar-refractivity contribution in [1.82, 2.24) is 34.1 Å². The number of hydrogen-bond acceptors (Lipinski definition) is 16. The first-order chi connectivity index (χ1) is 20.8. The molecule has 6 heterocycles. The van der Waals surface area contributed by atoms with E-state index in [1.165, 1.54) is 17.2 Å². The Hall–Kier alpha value is -2.23. The Balaban J connectivity index is 1.17. The number of ether oxygens (including phenoxy) is 2. The maximum Gasteiger partial charge on any atom is 0.386 e. The summed E-state index contributed by atoms with van der Waals surface area (Å²) in [6, 6.07) is 0. The molecule has 18 nitrogen and oxygen atoms in total. The number of hydrogen-bond donors (Lipinski definition) is 5. The van der Waals surface area contributed by atoms with Crippen LogP contribution in [0.25, 0.3) is 21.5 Å². The number of nitrogen functional groups attached to an aromatic ring is 2. The van der Waals surface area contributed by atoms with Crippen molar-refractivity contribution in [2.75, 3.05) is 24.7 Å². The van der Waals surface area contributed by atoms with E-state index >= 15 is 4.39 Å². The molecular weight excluding hydrogens is 687 g/mol. The number of aromatic nitrogens is 7. The third-order valence-electron chi connectivity index (χ3n) is 6.74. The van der Waals surface area contributed by atoms with Gasteiger partial charge in [-0.15, -0.1) is 0 Å². The number of fused-ring (bicyclic) bond motifs is 2. The maximum atomic E-state index is 15.0. The van der Waals surface area contributed by atoms with Crippen LogP contribution in [-0.2, 0) is 32.2 Å². The van der Waals surface area contributed by atoms with Gasteiger partial charge in [-0.1, -0.05) is 35.8 Å². The van der Waals surface area contributed by atoms with Crippen LogP contribution in [-0.4, -0.2) is 76.6 Å². The van der Waals surface area contributed by atoms with Gasteiger partial charge in [0.05, 0.1) is 31.7 Å². The molecule has 0 saturated carbocycles. The van der Waals surface area contributed by atoms with E-state index in [2.05, 4.69) is 49.4 Å². The topological polar surface area (TPSA) is 244 Å². The lowest BCUT2D eigenvalue weighted by Crippen LogP contribution is -2.28. The summed E-state index contributed by atoms with van der Waals surface area (Å²) in [6.45, 7) is -9.16. The van der Waals surface area contributed by atoms with Crippen LogP contribution in [0.15, 0.2) is 23.8 Å². The zero-order valence-electron chi connectivity index (χ0n) is 22.1. The van der Waals surface area contributed by atoms with Crippen molar-refractivity contribution < 1.29 is 41.5 Å². The van der Waals surface area contributed by atoms with Crippen molar-refractivity contribution >= 4 is 82.6 Å². The van der Waals surface area contributed by atoms with E-state index in [0.29, 0.717) is 0 Å². The minimum atomic E-state index is -4.22. The van der Waals surface area contributed by atoms with E-state index in [-0.39, 0.29) is 52.6 Å². The Labute approximate surface area is 260 Å². The second-order valence-electron chi connectivity index (χ2n) is 9.71. The minimum Gasteiger partial charge on any atom is -0.382 e. The Kier molecular flexibility index (Phi) is 8.78. The molecule has 5 N–H and O–H groups in total. The molecule has 2 saturated heterocycles. The number of rotatable bonds is 10. The highest BCUT2D eigenvalue weighted by Crippen LogP contribution is 2.57. The van der Waals surface area contributed by atoms with Gasteiger partial charge in [0.2, 0.25) is 0 Å². The predicted octanol–water partition coefficient (Wildman–Crippen LogP) is 2.26. The maximum absolute atomic E-state index is 15.0.